The minimum atomic E-state index is -0.487. The van der Waals surface area contributed by atoms with Gasteiger partial charge in [0.2, 0.25) is 0 Å². The molecule has 1 N–H and O–H groups in total. The van der Waals surface area contributed by atoms with Crippen LogP contribution in [0.25, 0.3) is 0 Å². The first-order chi connectivity index (χ1) is 6.73. The van der Waals surface area contributed by atoms with Crippen molar-refractivity contribution in [3.63, 3.8) is 0 Å². The van der Waals surface area contributed by atoms with Gasteiger partial charge in [0.1, 0.15) is 18.0 Å². The van der Waals surface area contributed by atoms with Crippen molar-refractivity contribution >= 4 is 29.0 Å². The molecule has 1 aliphatic heterocycles. The van der Waals surface area contributed by atoms with E-state index >= 15 is 0 Å². The average molecular weight is 216 g/mol. The second-order valence-corrected chi connectivity index (χ2v) is 3.64. The Morgan fingerprint density at radius 3 is 3.00 bits per heavy atom. The fourth-order valence-electron chi connectivity index (χ4n) is 1.28. The standard InChI is InChI=1S/C11H12NO2.Mg.H/c1-11(7-13)8-14-10(12-11)9-5-3-2-4-6-9;;/h2-5,13H,7-8H2,1H3;;/q-1;+2;-1. The van der Waals surface area contributed by atoms with Crippen molar-refractivity contribution in [3.8, 4) is 0 Å². The van der Waals surface area contributed by atoms with Gasteiger partial charge in [-0.15, -0.1) is 30.3 Å². The fraction of sp³-hybridized carbons (Fsp3) is 0.364. The first-order valence-corrected chi connectivity index (χ1v) is 4.54. The summed E-state index contributed by atoms with van der Waals surface area (Å²) in [7, 11) is 0. The van der Waals surface area contributed by atoms with Crippen molar-refractivity contribution in [2.45, 2.75) is 12.5 Å². The van der Waals surface area contributed by atoms with E-state index in [9.17, 15) is 0 Å². The van der Waals surface area contributed by atoms with Gasteiger partial charge in [-0.25, -0.2) is 0 Å². The molecule has 0 saturated carbocycles. The van der Waals surface area contributed by atoms with E-state index in [1.54, 1.807) is 0 Å². The molecule has 0 aliphatic carbocycles. The number of benzene rings is 1. The van der Waals surface area contributed by atoms with Gasteiger partial charge in [0.15, 0.2) is 0 Å². The summed E-state index contributed by atoms with van der Waals surface area (Å²) in [6.07, 6.45) is 0. The van der Waals surface area contributed by atoms with Crippen LogP contribution in [0.5, 0.6) is 0 Å². The van der Waals surface area contributed by atoms with Crippen LogP contribution in [-0.2, 0) is 4.74 Å². The smallest absolute Gasteiger partial charge is 1.00 e. The zero-order valence-corrected chi connectivity index (χ0v) is 10.1. The van der Waals surface area contributed by atoms with Crippen LogP contribution in [0.3, 0.4) is 0 Å². The molecule has 0 radical (unpaired) electrons. The topological polar surface area (TPSA) is 41.8 Å². The van der Waals surface area contributed by atoms with Gasteiger partial charge in [-0.05, 0) is 6.92 Å². The molecule has 3 nitrogen and oxygen atoms in total. The number of aliphatic hydroxyl groups is 1. The van der Waals surface area contributed by atoms with Gasteiger partial charge in [-0.3, -0.25) is 4.99 Å². The van der Waals surface area contributed by atoms with Crippen molar-refractivity contribution in [2.75, 3.05) is 13.2 Å². The normalized spacial score (nSPS) is 24.0. The quantitative estimate of drug-likeness (QED) is 0.584. The predicted molar refractivity (Wildman–Crippen MR) is 60.1 cm³/mol. The number of ether oxygens (including phenoxy) is 1. The molecule has 1 aromatic rings. The minimum absolute atomic E-state index is 0. The second-order valence-electron chi connectivity index (χ2n) is 3.64. The van der Waals surface area contributed by atoms with E-state index in [-0.39, 0.29) is 31.1 Å². The molecule has 1 aromatic carbocycles. The first-order valence-electron chi connectivity index (χ1n) is 4.54. The fourth-order valence-corrected chi connectivity index (χ4v) is 1.28. The first kappa shape index (κ1) is 12.5. The van der Waals surface area contributed by atoms with E-state index < -0.39 is 5.54 Å². The number of rotatable bonds is 2. The van der Waals surface area contributed by atoms with Crippen LogP contribution in [0.2, 0.25) is 0 Å². The van der Waals surface area contributed by atoms with Crippen LogP contribution >= 0.6 is 0 Å². The number of aliphatic hydroxyl groups excluding tert-OH is 1. The monoisotopic (exact) mass is 215 g/mol. The second kappa shape index (κ2) is 4.96. The van der Waals surface area contributed by atoms with Crippen LogP contribution in [0.15, 0.2) is 29.3 Å². The zero-order chi connectivity index (χ0) is 10.0. The van der Waals surface area contributed by atoms with E-state index in [1.165, 1.54) is 0 Å². The van der Waals surface area contributed by atoms with Crippen molar-refractivity contribution in [1.29, 1.82) is 0 Å². The van der Waals surface area contributed by atoms with Crippen molar-refractivity contribution in [1.82, 2.24) is 0 Å². The SMILES string of the molecule is CC1(CO)COC(c2[c-]cccc2)=N1.[H-].[Mg+2]. The third kappa shape index (κ3) is 2.71. The summed E-state index contributed by atoms with van der Waals surface area (Å²) in [5.41, 5.74) is 0.351. The number of hydrogen-bond acceptors (Lipinski definition) is 3. The zero-order valence-electron chi connectivity index (χ0n) is 9.73. The molecule has 1 atom stereocenters. The molecule has 0 bridgehead atoms. The Labute approximate surface area is 107 Å². The third-order valence-corrected chi connectivity index (χ3v) is 2.17. The van der Waals surface area contributed by atoms with Gasteiger partial charge in [0.05, 0.1) is 6.61 Å². The molecule has 4 heteroatoms. The molecule has 0 saturated heterocycles. The molecule has 1 aliphatic rings. The third-order valence-electron chi connectivity index (χ3n) is 2.17. The van der Waals surface area contributed by atoms with E-state index in [2.05, 4.69) is 11.1 Å². The molecule has 0 fully saturated rings. The molecule has 2 rings (SSSR count). The predicted octanol–water partition coefficient (Wildman–Crippen LogP) is 0.746. The summed E-state index contributed by atoms with van der Waals surface area (Å²) >= 11 is 0. The molecule has 0 amide bonds. The summed E-state index contributed by atoms with van der Waals surface area (Å²) in [4.78, 5) is 4.32. The maximum atomic E-state index is 9.09. The van der Waals surface area contributed by atoms with E-state index in [0.29, 0.717) is 12.5 Å². The van der Waals surface area contributed by atoms with Crippen molar-refractivity contribution < 1.29 is 11.3 Å². The van der Waals surface area contributed by atoms with Crippen LogP contribution in [0.4, 0.5) is 0 Å². The van der Waals surface area contributed by atoms with E-state index in [0.717, 1.165) is 5.56 Å². The Morgan fingerprint density at radius 2 is 2.47 bits per heavy atom. The van der Waals surface area contributed by atoms with Crippen molar-refractivity contribution in [3.05, 3.63) is 35.9 Å². The number of aliphatic imine (C=N–C) groups is 1. The summed E-state index contributed by atoms with van der Waals surface area (Å²) in [6.45, 7) is 2.30. The van der Waals surface area contributed by atoms with Crippen molar-refractivity contribution in [2.24, 2.45) is 4.99 Å². The maximum Gasteiger partial charge on any atom is 2.00 e. The van der Waals surface area contributed by atoms with Crippen LogP contribution < -0.4 is 0 Å². The summed E-state index contributed by atoms with van der Waals surface area (Å²) in [6, 6.07) is 10.5. The Hall–Kier alpha value is -0.584. The Kier molecular flexibility index (Phi) is 4.13. The molecule has 76 valence electrons. The minimum Gasteiger partial charge on any atom is -1.00 e. The van der Waals surface area contributed by atoms with E-state index in [1.807, 2.05) is 31.2 Å². The van der Waals surface area contributed by atoms with Gasteiger partial charge < -0.3 is 11.3 Å². The van der Waals surface area contributed by atoms with Crippen LogP contribution in [-0.4, -0.2) is 52.8 Å². The summed E-state index contributed by atoms with van der Waals surface area (Å²) in [5, 5.41) is 9.09. The summed E-state index contributed by atoms with van der Waals surface area (Å²) in [5.74, 6) is 0.571. The van der Waals surface area contributed by atoms with E-state index in [4.69, 9.17) is 9.84 Å². The Morgan fingerprint density at radius 1 is 1.67 bits per heavy atom. The molecular formula is C11H13MgNO2. The summed E-state index contributed by atoms with van der Waals surface area (Å²) < 4.78 is 5.40. The van der Waals surface area contributed by atoms with Crippen LogP contribution in [0, 0.1) is 6.07 Å². The molecule has 15 heavy (non-hydrogen) atoms. The Bertz CT molecular complexity index is 358. The van der Waals surface area contributed by atoms with Gasteiger partial charge in [-0.2, -0.15) is 0 Å². The van der Waals surface area contributed by atoms with Gasteiger partial charge in [-0.1, -0.05) is 5.56 Å². The molecule has 0 spiro atoms. The maximum absolute atomic E-state index is 9.09. The molecule has 1 heterocycles. The number of nitrogens with zero attached hydrogens (tertiary/aromatic N) is 1. The molecular weight excluding hydrogens is 202 g/mol. The van der Waals surface area contributed by atoms with Gasteiger partial charge in [0.25, 0.3) is 0 Å². The van der Waals surface area contributed by atoms with Gasteiger partial charge in [0, 0.05) is 0 Å². The largest absolute Gasteiger partial charge is 2.00 e. The number of hydrogen-bond donors (Lipinski definition) is 1. The average Bonchev–Trinajstić information content (AvgIpc) is 2.63. The van der Waals surface area contributed by atoms with Crippen LogP contribution in [0.1, 0.15) is 13.9 Å². The Balaban J connectivity index is 0.00000112. The molecule has 0 aromatic heterocycles. The van der Waals surface area contributed by atoms with Gasteiger partial charge >= 0.3 is 23.1 Å². The molecule has 1 unspecified atom stereocenters.